The van der Waals surface area contributed by atoms with Gasteiger partial charge in [-0.15, -0.1) is 0 Å². The van der Waals surface area contributed by atoms with E-state index in [0.29, 0.717) is 25.3 Å². The summed E-state index contributed by atoms with van der Waals surface area (Å²) in [7, 11) is 0. The van der Waals surface area contributed by atoms with Crippen LogP contribution in [-0.4, -0.2) is 30.6 Å². The zero-order chi connectivity index (χ0) is 14.3. The smallest absolute Gasteiger partial charge is 0.253 e. The van der Waals surface area contributed by atoms with Gasteiger partial charge in [0.1, 0.15) is 0 Å². The third-order valence-corrected chi connectivity index (χ3v) is 5.39. The maximum Gasteiger partial charge on any atom is 0.253 e. The third kappa shape index (κ3) is 2.52. The number of fused-ring (bicyclic) bond motifs is 1. The van der Waals surface area contributed by atoms with Crippen molar-refractivity contribution in [2.24, 2.45) is 5.41 Å². The van der Waals surface area contributed by atoms with Crippen molar-refractivity contribution in [2.45, 2.75) is 6.92 Å². The van der Waals surface area contributed by atoms with Crippen LogP contribution in [-0.2, 0) is 4.74 Å². The van der Waals surface area contributed by atoms with Gasteiger partial charge < -0.3 is 15.0 Å². The van der Waals surface area contributed by atoms with Crippen LogP contribution in [0.1, 0.15) is 17.3 Å². The molecule has 1 saturated heterocycles. The quantitative estimate of drug-likeness (QED) is 0.827. The number of carbonyl (C=O) groups is 1. The summed E-state index contributed by atoms with van der Waals surface area (Å²) in [5, 5.41) is 3.90. The number of amides is 1. The lowest BCUT2D eigenvalue weighted by Crippen LogP contribution is -2.48. The highest BCUT2D eigenvalue weighted by atomic mass is 79.9. The summed E-state index contributed by atoms with van der Waals surface area (Å²) in [6, 6.07) is 3.90. The standard InChI is InChI=1S/C14H14Br2N2O2/c1-14(6-20-7-14)5-18-13(19)9-4-17-12-3-11(16)10(15)2-8(9)12/h2-4,17H,5-7H2,1H3,(H,18,19). The highest BCUT2D eigenvalue weighted by Gasteiger charge is 2.33. The van der Waals surface area contributed by atoms with Gasteiger partial charge in [0.25, 0.3) is 5.91 Å². The van der Waals surface area contributed by atoms with Crippen LogP contribution in [0.5, 0.6) is 0 Å². The zero-order valence-electron chi connectivity index (χ0n) is 10.9. The number of hydrogen-bond donors (Lipinski definition) is 2. The molecule has 2 N–H and O–H groups in total. The lowest BCUT2D eigenvalue weighted by molar-refractivity contribution is -0.0978. The van der Waals surface area contributed by atoms with Crippen LogP contribution in [0.2, 0.25) is 0 Å². The van der Waals surface area contributed by atoms with Crippen LogP contribution in [0, 0.1) is 5.41 Å². The Kier molecular flexibility index (Phi) is 3.64. The van der Waals surface area contributed by atoms with Crippen LogP contribution in [0.3, 0.4) is 0 Å². The molecule has 0 bridgehead atoms. The van der Waals surface area contributed by atoms with Gasteiger partial charge in [-0.1, -0.05) is 6.92 Å². The first kappa shape index (κ1) is 14.1. The molecular formula is C14H14Br2N2O2. The lowest BCUT2D eigenvalue weighted by atomic mass is 9.88. The molecule has 0 radical (unpaired) electrons. The Morgan fingerprint density at radius 1 is 1.40 bits per heavy atom. The van der Waals surface area contributed by atoms with Crippen LogP contribution in [0.25, 0.3) is 10.9 Å². The summed E-state index contributed by atoms with van der Waals surface area (Å²) in [4.78, 5) is 15.4. The zero-order valence-corrected chi connectivity index (χ0v) is 14.1. The van der Waals surface area contributed by atoms with Crippen molar-refractivity contribution >= 4 is 48.7 Å². The maximum absolute atomic E-state index is 12.3. The molecule has 0 aliphatic carbocycles. The number of ether oxygens (including phenoxy) is 1. The van der Waals surface area contributed by atoms with Gasteiger partial charge in [-0.3, -0.25) is 4.79 Å². The van der Waals surface area contributed by atoms with Crippen LogP contribution in [0.15, 0.2) is 27.3 Å². The minimum absolute atomic E-state index is 0.0569. The van der Waals surface area contributed by atoms with Crippen LogP contribution >= 0.6 is 31.9 Å². The topological polar surface area (TPSA) is 54.1 Å². The van der Waals surface area contributed by atoms with Gasteiger partial charge in [0, 0.05) is 38.0 Å². The second kappa shape index (κ2) is 5.16. The molecule has 0 saturated carbocycles. The minimum atomic E-state index is -0.0569. The van der Waals surface area contributed by atoms with Gasteiger partial charge in [-0.05, 0) is 44.0 Å². The SMILES string of the molecule is CC1(CNC(=O)c2c[nH]c3cc(Br)c(Br)cc23)COC1. The average molecular weight is 402 g/mol. The Labute approximate surface area is 133 Å². The van der Waals surface area contributed by atoms with Crippen molar-refractivity contribution in [1.29, 1.82) is 0 Å². The molecule has 1 aromatic carbocycles. The van der Waals surface area contributed by atoms with Gasteiger partial charge in [0.05, 0.1) is 18.8 Å². The molecule has 1 aliphatic heterocycles. The lowest BCUT2D eigenvalue weighted by Gasteiger charge is -2.37. The molecule has 1 aliphatic rings. The van der Waals surface area contributed by atoms with Crippen LogP contribution < -0.4 is 5.32 Å². The molecule has 20 heavy (non-hydrogen) atoms. The number of halogens is 2. The summed E-state index contributed by atoms with van der Waals surface area (Å²) >= 11 is 6.92. The Bertz CT molecular complexity index is 677. The van der Waals surface area contributed by atoms with E-state index >= 15 is 0 Å². The molecule has 1 aromatic heterocycles. The summed E-state index contributed by atoms with van der Waals surface area (Å²) in [6.07, 6.45) is 1.75. The number of aromatic amines is 1. The number of rotatable bonds is 3. The molecule has 6 heteroatoms. The first-order chi connectivity index (χ1) is 9.48. The van der Waals surface area contributed by atoms with Gasteiger partial charge in [-0.25, -0.2) is 0 Å². The van der Waals surface area contributed by atoms with Crippen molar-refractivity contribution in [3.63, 3.8) is 0 Å². The van der Waals surface area contributed by atoms with Crippen molar-refractivity contribution in [1.82, 2.24) is 10.3 Å². The molecule has 3 rings (SSSR count). The number of benzene rings is 1. The molecule has 0 atom stereocenters. The van der Waals surface area contributed by atoms with Crippen molar-refractivity contribution < 1.29 is 9.53 Å². The normalized spacial score (nSPS) is 16.9. The van der Waals surface area contributed by atoms with E-state index in [1.807, 2.05) is 12.1 Å². The molecule has 2 aromatic rings. The molecule has 1 amide bonds. The van der Waals surface area contributed by atoms with Crippen molar-refractivity contribution in [3.8, 4) is 0 Å². The maximum atomic E-state index is 12.3. The fourth-order valence-electron chi connectivity index (χ4n) is 2.25. The van der Waals surface area contributed by atoms with Gasteiger partial charge in [0.15, 0.2) is 0 Å². The number of aromatic nitrogens is 1. The summed E-state index contributed by atoms with van der Waals surface area (Å²) in [6.45, 7) is 4.16. The predicted molar refractivity (Wildman–Crippen MR) is 85.0 cm³/mol. The second-order valence-corrected chi connectivity index (χ2v) is 7.21. The van der Waals surface area contributed by atoms with E-state index in [1.165, 1.54) is 0 Å². The molecule has 4 nitrogen and oxygen atoms in total. The second-order valence-electron chi connectivity index (χ2n) is 5.50. The largest absolute Gasteiger partial charge is 0.380 e. The molecule has 2 heterocycles. The predicted octanol–water partition coefficient (Wildman–Crippen LogP) is 3.46. The fourth-order valence-corrected chi connectivity index (χ4v) is 2.93. The number of H-pyrrole nitrogens is 1. The Balaban J connectivity index is 1.82. The Hall–Kier alpha value is -0.850. The van der Waals surface area contributed by atoms with E-state index in [1.54, 1.807) is 6.20 Å². The first-order valence-corrected chi connectivity index (χ1v) is 7.89. The molecule has 1 fully saturated rings. The monoisotopic (exact) mass is 400 g/mol. The van der Waals surface area contributed by atoms with E-state index in [2.05, 4.69) is 49.1 Å². The summed E-state index contributed by atoms with van der Waals surface area (Å²) in [5.41, 5.74) is 1.67. The van der Waals surface area contributed by atoms with E-state index in [4.69, 9.17) is 4.74 Å². The number of hydrogen-bond acceptors (Lipinski definition) is 2. The summed E-state index contributed by atoms with van der Waals surface area (Å²) < 4.78 is 7.08. The number of carbonyl (C=O) groups excluding carboxylic acids is 1. The van der Waals surface area contributed by atoms with Gasteiger partial charge in [0.2, 0.25) is 0 Å². The van der Waals surface area contributed by atoms with E-state index in [-0.39, 0.29) is 11.3 Å². The molecule has 106 valence electrons. The summed E-state index contributed by atoms with van der Waals surface area (Å²) in [5.74, 6) is -0.0569. The Morgan fingerprint density at radius 3 is 2.75 bits per heavy atom. The van der Waals surface area contributed by atoms with E-state index < -0.39 is 0 Å². The van der Waals surface area contributed by atoms with Crippen LogP contribution in [0.4, 0.5) is 0 Å². The Morgan fingerprint density at radius 2 is 2.10 bits per heavy atom. The molecule has 0 unspecified atom stereocenters. The number of nitrogens with one attached hydrogen (secondary N) is 2. The molecular weight excluding hydrogens is 388 g/mol. The van der Waals surface area contributed by atoms with Crippen molar-refractivity contribution in [2.75, 3.05) is 19.8 Å². The van der Waals surface area contributed by atoms with Gasteiger partial charge >= 0.3 is 0 Å². The fraction of sp³-hybridized carbons (Fsp3) is 0.357. The third-order valence-electron chi connectivity index (χ3n) is 3.54. The van der Waals surface area contributed by atoms with E-state index in [0.717, 1.165) is 19.8 Å². The molecule has 0 spiro atoms. The van der Waals surface area contributed by atoms with E-state index in [9.17, 15) is 4.79 Å². The van der Waals surface area contributed by atoms with Gasteiger partial charge in [-0.2, -0.15) is 0 Å². The highest BCUT2D eigenvalue weighted by Crippen LogP contribution is 2.30. The van der Waals surface area contributed by atoms with Crippen molar-refractivity contribution in [3.05, 3.63) is 32.8 Å². The first-order valence-electron chi connectivity index (χ1n) is 6.31. The average Bonchev–Trinajstić information content (AvgIpc) is 2.77. The highest BCUT2D eigenvalue weighted by molar-refractivity contribution is 9.13. The minimum Gasteiger partial charge on any atom is -0.380 e.